The van der Waals surface area contributed by atoms with Gasteiger partial charge in [-0.3, -0.25) is 0 Å². The van der Waals surface area contributed by atoms with Crippen LogP contribution in [0.4, 0.5) is 0 Å². The third-order valence-electron chi connectivity index (χ3n) is 2.75. The van der Waals surface area contributed by atoms with Crippen LogP contribution in [0, 0.1) is 0 Å². The van der Waals surface area contributed by atoms with Crippen molar-refractivity contribution >= 4 is 16.9 Å². The van der Waals surface area contributed by atoms with E-state index in [1.54, 1.807) is 6.92 Å². The largest absolute Gasteiger partial charge is 1.00 e. The van der Waals surface area contributed by atoms with Crippen molar-refractivity contribution in [3.8, 4) is 0 Å². The van der Waals surface area contributed by atoms with E-state index in [1.807, 2.05) is 42.1 Å². The number of aliphatic carboxylic acids is 1. The first-order valence-corrected chi connectivity index (χ1v) is 4.86. The van der Waals surface area contributed by atoms with E-state index in [1.165, 1.54) is 0 Å². The van der Waals surface area contributed by atoms with Crippen molar-refractivity contribution in [2.75, 3.05) is 0 Å². The normalized spacial score (nSPS) is 12.1. The van der Waals surface area contributed by atoms with Gasteiger partial charge < -0.3 is 14.5 Å². The Morgan fingerprint density at radius 1 is 1.38 bits per heavy atom. The van der Waals surface area contributed by atoms with Gasteiger partial charge in [0.25, 0.3) is 0 Å². The molecule has 3 nitrogen and oxygen atoms in total. The van der Waals surface area contributed by atoms with Crippen molar-refractivity contribution in [2.45, 2.75) is 12.8 Å². The summed E-state index contributed by atoms with van der Waals surface area (Å²) in [6, 6.07) is 7.76. The first-order valence-electron chi connectivity index (χ1n) is 4.86. The van der Waals surface area contributed by atoms with E-state index in [-0.39, 0.29) is 29.6 Å². The Morgan fingerprint density at radius 3 is 2.62 bits per heavy atom. The summed E-state index contributed by atoms with van der Waals surface area (Å²) in [5, 5.41) is 11.8. The number of aryl methyl sites for hydroxylation is 1. The quantitative estimate of drug-likeness (QED) is 0.557. The molecule has 0 N–H and O–H groups in total. The van der Waals surface area contributed by atoms with Gasteiger partial charge in [0, 0.05) is 36.0 Å². The predicted octanol–water partition coefficient (Wildman–Crippen LogP) is -1.96. The van der Waals surface area contributed by atoms with Crippen LogP contribution in [-0.4, -0.2) is 10.5 Å². The third-order valence-corrected chi connectivity index (χ3v) is 2.75. The number of nitrogens with zero attached hydrogens (tertiary/aromatic N) is 1. The van der Waals surface area contributed by atoms with E-state index in [4.69, 9.17) is 0 Å². The van der Waals surface area contributed by atoms with E-state index in [0.29, 0.717) is 0 Å². The summed E-state index contributed by atoms with van der Waals surface area (Å²) in [5.74, 6) is -1.61. The smallest absolute Gasteiger partial charge is 0.550 e. The van der Waals surface area contributed by atoms with Crippen molar-refractivity contribution in [1.29, 1.82) is 0 Å². The van der Waals surface area contributed by atoms with E-state index >= 15 is 0 Å². The maximum atomic E-state index is 10.8. The summed E-state index contributed by atoms with van der Waals surface area (Å²) in [5.41, 5.74) is 1.86. The van der Waals surface area contributed by atoms with Crippen LogP contribution in [0.25, 0.3) is 10.9 Å². The Kier molecular flexibility index (Phi) is 4.19. The van der Waals surface area contributed by atoms with Crippen LogP contribution in [0.1, 0.15) is 18.4 Å². The van der Waals surface area contributed by atoms with Gasteiger partial charge in [-0.15, -0.1) is 0 Å². The summed E-state index contributed by atoms with van der Waals surface area (Å²) in [4.78, 5) is 10.8. The van der Waals surface area contributed by atoms with Gasteiger partial charge in [0.2, 0.25) is 0 Å². The van der Waals surface area contributed by atoms with Crippen LogP contribution < -0.4 is 34.7 Å². The van der Waals surface area contributed by atoms with Gasteiger partial charge >= 0.3 is 29.6 Å². The molecule has 0 radical (unpaired) electrons. The summed E-state index contributed by atoms with van der Waals surface area (Å²) < 4.78 is 1.93. The number of benzene rings is 1. The van der Waals surface area contributed by atoms with Crippen molar-refractivity contribution < 1.29 is 39.5 Å². The molecule has 4 heteroatoms. The maximum Gasteiger partial charge on any atom is 1.00 e. The molecule has 0 fully saturated rings. The van der Waals surface area contributed by atoms with Crippen molar-refractivity contribution in [1.82, 2.24) is 4.57 Å². The molecule has 1 aromatic carbocycles. The number of para-hydroxylation sites is 1. The Hall–Kier alpha value is -0.770. The number of hydrogen-bond donors (Lipinski definition) is 0. The molecule has 0 amide bonds. The van der Waals surface area contributed by atoms with E-state index < -0.39 is 11.9 Å². The number of fused-ring (bicyclic) bond motifs is 1. The van der Waals surface area contributed by atoms with Crippen LogP contribution in [0.2, 0.25) is 0 Å². The first kappa shape index (κ1) is 13.3. The fraction of sp³-hybridized carbons (Fsp3) is 0.250. The molecule has 16 heavy (non-hydrogen) atoms. The molecule has 2 rings (SSSR count). The molecule has 0 saturated heterocycles. The van der Waals surface area contributed by atoms with Crippen molar-refractivity contribution in [2.24, 2.45) is 7.05 Å². The molecular weight excluding hydrogens is 213 g/mol. The number of rotatable bonds is 2. The van der Waals surface area contributed by atoms with Gasteiger partial charge in [0.05, 0.1) is 0 Å². The molecule has 0 aliphatic heterocycles. The minimum absolute atomic E-state index is 0. The van der Waals surface area contributed by atoms with E-state index in [2.05, 4.69) is 0 Å². The van der Waals surface area contributed by atoms with E-state index in [0.717, 1.165) is 16.5 Å². The summed E-state index contributed by atoms with van der Waals surface area (Å²) >= 11 is 0. The van der Waals surface area contributed by atoms with Crippen molar-refractivity contribution in [3.63, 3.8) is 0 Å². The van der Waals surface area contributed by atoms with Gasteiger partial charge in [-0.05, 0) is 11.6 Å². The van der Waals surface area contributed by atoms with Crippen LogP contribution in [0.5, 0.6) is 0 Å². The van der Waals surface area contributed by atoms with Crippen LogP contribution in [0.3, 0.4) is 0 Å². The molecule has 78 valence electrons. The Bertz CT molecular complexity index is 519. The maximum absolute atomic E-state index is 10.8. The predicted molar refractivity (Wildman–Crippen MR) is 56.3 cm³/mol. The number of carboxylic acid groups (broad SMARTS) is 1. The fourth-order valence-electron chi connectivity index (χ4n) is 1.85. The SMILES string of the molecule is C[C@H](C(=O)[O-])c1cn(C)c2ccccc12.[Na+]. The Morgan fingerprint density at radius 2 is 2.00 bits per heavy atom. The second-order valence-electron chi connectivity index (χ2n) is 3.75. The number of carbonyl (C=O) groups excluding carboxylic acids is 1. The number of carbonyl (C=O) groups is 1. The van der Waals surface area contributed by atoms with E-state index in [9.17, 15) is 9.90 Å². The zero-order chi connectivity index (χ0) is 11.0. The third kappa shape index (κ3) is 2.17. The molecule has 0 bridgehead atoms. The monoisotopic (exact) mass is 225 g/mol. The average molecular weight is 225 g/mol. The number of hydrogen-bond acceptors (Lipinski definition) is 2. The Balaban J connectivity index is 0.00000128. The fourth-order valence-corrected chi connectivity index (χ4v) is 1.85. The second-order valence-corrected chi connectivity index (χ2v) is 3.75. The van der Waals surface area contributed by atoms with Gasteiger partial charge in [-0.1, -0.05) is 25.1 Å². The minimum atomic E-state index is -1.04. The average Bonchev–Trinajstić information content (AvgIpc) is 2.56. The van der Waals surface area contributed by atoms with Gasteiger partial charge in [0.15, 0.2) is 0 Å². The molecule has 0 unspecified atom stereocenters. The number of carboxylic acids is 1. The summed E-state index contributed by atoms with van der Waals surface area (Å²) in [6.07, 6.45) is 1.85. The Labute approximate surface area is 116 Å². The molecule has 1 atom stereocenters. The molecule has 1 heterocycles. The van der Waals surface area contributed by atoms with Crippen LogP contribution in [-0.2, 0) is 11.8 Å². The molecule has 0 saturated carbocycles. The summed E-state index contributed by atoms with van der Waals surface area (Å²) in [6.45, 7) is 1.65. The van der Waals surface area contributed by atoms with Gasteiger partial charge in [-0.2, -0.15) is 0 Å². The van der Waals surface area contributed by atoms with Gasteiger partial charge in [-0.25, -0.2) is 0 Å². The van der Waals surface area contributed by atoms with Crippen molar-refractivity contribution in [3.05, 3.63) is 36.0 Å². The van der Waals surface area contributed by atoms with Gasteiger partial charge in [0.1, 0.15) is 0 Å². The standard InChI is InChI=1S/C12H13NO2.Na/c1-8(12(14)15)10-7-13(2)11-6-4-3-5-9(10)11;/h3-8H,1-2H3,(H,14,15);/q;+1/p-1/t8-;/m0./s1. The topological polar surface area (TPSA) is 45.1 Å². The molecule has 0 aliphatic rings. The molecule has 0 spiro atoms. The summed E-state index contributed by atoms with van der Waals surface area (Å²) in [7, 11) is 1.91. The molecular formula is C12H12NNaO2. The molecule has 1 aromatic heterocycles. The minimum Gasteiger partial charge on any atom is -0.550 e. The number of aromatic nitrogens is 1. The second kappa shape index (κ2) is 5.04. The zero-order valence-corrected chi connectivity index (χ0v) is 11.7. The zero-order valence-electron chi connectivity index (χ0n) is 9.73. The molecule has 2 aromatic rings. The molecule has 0 aliphatic carbocycles. The van der Waals surface area contributed by atoms with Crippen LogP contribution in [0.15, 0.2) is 30.5 Å². The first-order chi connectivity index (χ1) is 7.11. The van der Waals surface area contributed by atoms with Crippen LogP contribution >= 0.6 is 0 Å².